The number of hydrogen-bond donors (Lipinski definition) is 3. The van der Waals surface area contributed by atoms with Gasteiger partial charge in [-0.25, -0.2) is 22.6 Å². The second-order valence-corrected chi connectivity index (χ2v) is 19.1. The third-order valence-corrected chi connectivity index (χ3v) is 14.3. The van der Waals surface area contributed by atoms with Gasteiger partial charge in [0.15, 0.2) is 0 Å². The lowest BCUT2D eigenvalue weighted by molar-refractivity contribution is -0.244. The Morgan fingerprint density at radius 3 is 2.49 bits per heavy atom. The Bertz CT molecular complexity index is 2140. The van der Waals surface area contributed by atoms with E-state index >= 15 is 0 Å². The van der Waals surface area contributed by atoms with E-state index in [9.17, 15) is 45.2 Å². The molecular formula is C39H48ClF4N5O9S. The molecule has 2 aromatic rings. The molecule has 7 atom stereocenters. The average molecular weight is 874 g/mol. The van der Waals surface area contributed by atoms with Crippen molar-refractivity contribution in [2.24, 2.45) is 17.8 Å². The lowest BCUT2D eigenvalue weighted by Gasteiger charge is -2.34. The topological polar surface area (TPSA) is 182 Å². The van der Waals surface area contributed by atoms with Crippen molar-refractivity contribution >= 4 is 56.2 Å². The number of fused-ring (bicyclic) bond motifs is 3. The Morgan fingerprint density at radius 1 is 1.14 bits per heavy atom. The van der Waals surface area contributed by atoms with Crippen LogP contribution in [-0.4, -0.2) is 103 Å². The molecule has 4 aliphatic rings. The second-order valence-electron chi connectivity index (χ2n) is 16.6. The van der Waals surface area contributed by atoms with Gasteiger partial charge in [-0.1, -0.05) is 43.7 Å². The van der Waals surface area contributed by atoms with Gasteiger partial charge in [-0.15, -0.1) is 0 Å². The van der Waals surface area contributed by atoms with Gasteiger partial charge < -0.3 is 29.7 Å². The number of allylic oxidation sites excluding steroid dienone is 1. The monoisotopic (exact) mass is 873 g/mol. The van der Waals surface area contributed by atoms with Crippen LogP contribution in [0.2, 0.25) is 5.02 Å². The number of aromatic nitrogens is 1. The number of halogens is 5. The van der Waals surface area contributed by atoms with Crippen molar-refractivity contribution in [1.29, 1.82) is 0 Å². The summed E-state index contributed by atoms with van der Waals surface area (Å²) in [7, 11) is -3.04. The summed E-state index contributed by atoms with van der Waals surface area (Å²) < 4.78 is 98.2. The summed E-state index contributed by atoms with van der Waals surface area (Å²) in [6.07, 6.45) is -1.29. The molecule has 1 saturated heterocycles. The first-order valence-corrected chi connectivity index (χ1v) is 21.2. The molecule has 2 aliphatic carbocycles. The van der Waals surface area contributed by atoms with E-state index in [4.69, 9.17) is 25.8 Å². The molecule has 6 rings (SSSR count). The van der Waals surface area contributed by atoms with Gasteiger partial charge >= 0.3 is 12.3 Å². The number of nitrogens with one attached hydrogen (secondary N) is 3. The number of pyridine rings is 1. The summed E-state index contributed by atoms with van der Waals surface area (Å²) in [6, 6.07) is 2.08. The predicted octanol–water partition coefficient (Wildman–Crippen LogP) is 5.52. The zero-order chi connectivity index (χ0) is 43.3. The van der Waals surface area contributed by atoms with Crippen LogP contribution in [0.5, 0.6) is 11.6 Å². The molecule has 14 nitrogen and oxygen atoms in total. The summed E-state index contributed by atoms with van der Waals surface area (Å²) in [5.41, 5.74) is -4.70. The molecule has 4 amide bonds. The molecule has 1 aromatic heterocycles. The number of rotatable bonds is 9. The van der Waals surface area contributed by atoms with E-state index < -0.39 is 92.6 Å². The number of nitrogens with zero attached hydrogens (tertiary/aromatic N) is 2. The normalized spacial score (nSPS) is 29.2. The van der Waals surface area contributed by atoms with E-state index in [0.29, 0.717) is 54.7 Å². The van der Waals surface area contributed by atoms with Gasteiger partial charge in [0, 0.05) is 23.1 Å². The average Bonchev–Trinajstić information content (AvgIpc) is 4.06. The molecule has 20 heteroatoms. The van der Waals surface area contributed by atoms with Crippen molar-refractivity contribution < 1.29 is 59.4 Å². The number of amides is 4. The van der Waals surface area contributed by atoms with Crippen molar-refractivity contribution in [3.63, 3.8) is 0 Å². The SMILES string of the molecule is COc1cnc(O[C@@H]2C[C@H]3C(=O)N[C@]4(C(=O)NS(=O)(=O)C5(CF)CC5)C[C@H]4/C=C\CC[C@@H](C)C[C@@H](C)[C@H](NC(=O)OC(C)(C)C(F)(F)F)C(=O)N3C2)c2cccc(Cl)c12. The molecule has 0 unspecified atom stereocenters. The van der Waals surface area contributed by atoms with E-state index in [1.54, 1.807) is 37.3 Å². The summed E-state index contributed by atoms with van der Waals surface area (Å²) in [4.78, 5) is 61.8. The molecular weight excluding hydrogens is 826 g/mol. The Hall–Kier alpha value is -4.39. The zero-order valence-electron chi connectivity index (χ0n) is 33.2. The molecule has 59 heavy (non-hydrogen) atoms. The number of sulfonamides is 1. The first kappa shape index (κ1) is 44.2. The summed E-state index contributed by atoms with van der Waals surface area (Å²) >= 11 is 6.50. The van der Waals surface area contributed by atoms with Crippen LogP contribution in [0.15, 0.2) is 36.5 Å². The van der Waals surface area contributed by atoms with Crippen LogP contribution in [0.4, 0.5) is 22.4 Å². The highest BCUT2D eigenvalue weighted by molar-refractivity contribution is 7.91. The number of alkyl halides is 4. The Balaban J connectivity index is 1.37. The maximum absolute atomic E-state index is 14.7. The minimum Gasteiger partial charge on any atom is -0.494 e. The third kappa shape index (κ3) is 8.77. The van der Waals surface area contributed by atoms with Crippen molar-refractivity contribution in [3.05, 3.63) is 41.6 Å². The smallest absolute Gasteiger partial charge is 0.427 e. The highest BCUT2D eigenvalue weighted by Crippen LogP contribution is 2.48. The van der Waals surface area contributed by atoms with Crippen LogP contribution in [0, 0.1) is 17.8 Å². The Morgan fingerprint density at radius 2 is 1.85 bits per heavy atom. The molecule has 324 valence electrons. The van der Waals surface area contributed by atoms with E-state index in [2.05, 4.69) is 15.6 Å². The van der Waals surface area contributed by atoms with Crippen molar-refractivity contribution in [1.82, 2.24) is 25.2 Å². The van der Waals surface area contributed by atoms with Gasteiger partial charge in [0.2, 0.25) is 33.3 Å². The largest absolute Gasteiger partial charge is 0.494 e. The number of benzene rings is 1. The highest BCUT2D eigenvalue weighted by atomic mass is 35.5. The van der Waals surface area contributed by atoms with Gasteiger partial charge in [0.25, 0.3) is 5.91 Å². The summed E-state index contributed by atoms with van der Waals surface area (Å²) in [5, 5.41) is 6.31. The molecule has 3 heterocycles. The van der Waals surface area contributed by atoms with Crippen LogP contribution in [0.3, 0.4) is 0 Å². The first-order valence-electron chi connectivity index (χ1n) is 19.3. The number of alkyl carbamates (subject to hydrolysis) is 1. The fraction of sp³-hybridized carbons (Fsp3) is 0.615. The summed E-state index contributed by atoms with van der Waals surface area (Å²) in [6.45, 7) is 3.40. The van der Waals surface area contributed by atoms with Crippen LogP contribution in [0.1, 0.15) is 72.6 Å². The van der Waals surface area contributed by atoms with Crippen LogP contribution in [-0.2, 0) is 29.1 Å². The first-order chi connectivity index (χ1) is 27.6. The number of ether oxygens (including phenoxy) is 3. The number of methoxy groups -OCH3 is 1. The van der Waals surface area contributed by atoms with Gasteiger partial charge in [-0.3, -0.25) is 19.1 Å². The van der Waals surface area contributed by atoms with Crippen molar-refractivity contribution in [2.45, 2.75) is 113 Å². The van der Waals surface area contributed by atoms with Crippen LogP contribution in [0.25, 0.3) is 10.8 Å². The molecule has 1 aromatic carbocycles. The molecule has 3 fully saturated rings. The van der Waals surface area contributed by atoms with Crippen molar-refractivity contribution in [3.8, 4) is 11.6 Å². The van der Waals surface area contributed by atoms with Gasteiger partial charge in [-0.2, -0.15) is 13.2 Å². The van der Waals surface area contributed by atoms with Crippen molar-refractivity contribution in [2.75, 3.05) is 20.3 Å². The molecule has 2 saturated carbocycles. The van der Waals surface area contributed by atoms with Crippen LogP contribution < -0.4 is 24.8 Å². The highest BCUT2D eigenvalue weighted by Gasteiger charge is 2.64. The van der Waals surface area contributed by atoms with Crippen LogP contribution >= 0.6 is 11.6 Å². The lowest BCUT2D eigenvalue weighted by Crippen LogP contribution is -2.60. The molecule has 2 aliphatic heterocycles. The zero-order valence-corrected chi connectivity index (χ0v) is 34.7. The van der Waals surface area contributed by atoms with Gasteiger partial charge in [-0.05, 0) is 76.3 Å². The standard InChI is InChI=1S/C39H48ClF4N5O9S/c1-21-9-6-7-10-23-17-38(23,34(52)48-59(54,55)37(20-41)13-14-37)47-31(50)27-16-24(57-32-25-11-8-12-26(40)29(25)28(56-5)18-45-32)19-49(27)33(51)30(22(2)15-21)46-35(53)58-36(3,4)39(42,43)44/h7-8,10-12,18,21-24,27,30H,6,9,13-17,19-20H2,1-5H3,(H,46,53)(H,47,50)(H,48,52)/b10-7-/t21-,22-,23-,24-,27+,30+,38-/m1/s1. The molecule has 0 spiro atoms. The van der Waals surface area contributed by atoms with E-state index in [1.807, 2.05) is 11.6 Å². The fourth-order valence-corrected chi connectivity index (χ4v) is 9.50. The number of hydrogen-bond acceptors (Lipinski definition) is 10. The maximum atomic E-state index is 14.7. The van der Waals surface area contributed by atoms with E-state index in [-0.39, 0.29) is 44.0 Å². The molecule has 0 radical (unpaired) electrons. The Kier molecular flexibility index (Phi) is 12.2. The second kappa shape index (κ2) is 16.2. The Labute approximate surface area is 344 Å². The summed E-state index contributed by atoms with van der Waals surface area (Å²) in [5.74, 6) is -3.77. The number of carbonyl (C=O) groups excluding carboxylic acids is 4. The predicted molar refractivity (Wildman–Crippen MR) is 207 cm³/mol. The van der Waals surface area contributed by atoms with E-state index in [1.165, 1.54) is 13.3 Å². The van der Waals surface area contributed by atoms with Gasteiger partial charge in [0.05, 0.1) is 24.9 Å². The molecule has 0 bridgehead atoms. The quantitative estimate of drug-likeness (QED) is 0.215. The fourth-order valence-electron chi connectivity index (χ4n) is 7.81. The number of carbonyl (C=O) groups is 4. The maximum Gasteiger partial charge on any atom is 0.427 e. The third-order valence-electron chi connectivity index (χ3n) is 11.9. The minimum absolute atomic E-state index is 0.0000694. The van der Waals surface area contributed by atoms with Gasteiger partial charge in [0.1, 0.15) is 40.9 Å². The van der Waals surface area contributed by atoms with E-state index in [0.717, 1.165) is 4.90 Å². The molecule has 3 N–H and O–H groups in total. The lowest BCUT2D eigenvalue weighted by atomic mass is 9.88. The minimum atomic E-state index is -4.94.